The highest BCUT2D eigenvalue weighted by Gasteiger charge is 2.15. The number of benzene rings is 2. The Morgan fingerprint density at radius 3 is 2.48 bits per heavy atom. The number of aryl methyl sites for hydroxylation is 1. The molecule has 0 aliphatic heterocycles. The van der Waals surface area contributed by atoms with E-state index in [1.807, 2.05) is 12.3 Å². The van der Waals surface area contributed by atoms with Gasteiger partial charge in [0.25, 0.3) is 0 Å². The number of nitrogens with zero attached hydrogens (tertiary/aromatic N) is 2. The van der Waals surface area contributed by atoms with Crippen LogP contribution in [0.15, 0.2) is 70.0 Å². The lowest BCUT2D eigenvalue weighted by Crippen LogP contribution is -2.09. The summed E-state index contributed by atoms with van der Waals surface area (Å²) in [4.78, 5) is 4.35. The quantitative estimate of drug-likeness (QED) is 0.405. The molecule has 0 saturated carbocycles. The molecule has 0 saturated heterocycles. The predicted molar refractivity (Wildman–Crippen MR) is 98.8 cm³/mol. The first-order chi connectivity index (χ1) is 12.0. The second-order valence-corrected chi connectivity index (χ2v) is 7.49. The van der Waals surface area contributed by atoms with Gasteiger partial charge in [0.2, 0.25) is 5.13 Å². The van der Waals surface area contributed by atoms with Gasteiger partial charge in [-0.25, -0.2) is 4.98 Å². The number of rotatable bonds is 6. The van der Waals surface area contributed by atoms with Gasteiger partial charge in [-0.05, 0) is 48.9 Å². The summed E-state index contributed by atoms with van der Waals surface area (Å²) in [7, 11) is -3.83. The summed E-state index contributed by atoms with van der Waals surface area (Å²) >= 11 is 1.47. The van der Waals surface area contributed by atoms with Gasteiger partial charge in [-0.3, -0.25) is 5.43 Å². The monoisotopic (exact) mass is 373 g/mol. The van der Waals surface area contributed by atoms with Gasteiger partial charge in [0.1, 0.15) is 10.6 Å². The molecular weight excluding hydrogens is 358 g/mol. The van der Waals surface area contributed by atoms with Crippen molar-refractivity contribution in [3.05, 3.63) is 71.2 Å². The van der Waals surface area contributed by atoms with E-state index in [0.717, 1.165) is 11.3 Å². The third kappa shape index (κ3) is 4.65. The first kappa shape index (κ1) is 17.1. The fraction of sp³-hybridized carbons (Fsp3) is 0.0588. The van der Waals surface area contributed by atoms with Crippen molar-refractivity contribution in [1.29, 1.82) is 0 Å². The topological polar surface area (TPSA) is 80.7 Å². The van der Waals surface area contributed by atoms with E-state index >= 15 is 0 Å². The van der Waals surface area contributed by atoms with Crippen LogP contribution in [-0.4, -0.2) is 19.6 Å². The third-order valence-electron chi connectivity index (χ3n) is 3.11. The van der Waals surface area contributed by atoms with Gasteiger partial charge >= 0.3 is 10.1 Å². The van der Waals surface area contributed by atoms with Gasteiger partial charge in [0, 0.05) is 5.38 Å². The van der Waals surface area contributed by atoms with Crippen molar-refractivity contribution in [2.45, 2.75) is 11.8 Å². The molecule has 3 rings (SSSR count). The molecule has 1 heterocycles. The second-order valence-electron chi connectivity index (χ2n) is 5.08. The molecule has 0 atom stereocenters. The van der Waals surface area contributed by atoms with E-state index in [9.17, 15) is 8.42 Å². The van der Waals surface area contributed by atoms with E-state index in [4.69, 9.17) is 4.18 Å². The third-order valence-corrected chi connectivity index (χ3v) is 5.24. The molecule has 0 aliphatic carbocycles. The smallest absolute Gasteiger partial charge is 0.339 e. The molecule has 2 aromatic carbocycles. The first-order valence-corrected chi connectivity index (χ1v) is 9.62. The Morgan fingerprint density at radius 2 is 1.84 bits per heavy atom. The first-order valence-electron chi connectivity index (χ1n) is 7.34. The van der Waals surface area contributed by atoms with Gasteiger partial charge < -0.3 is 4.18 Å². The zero-order valence-electron chi connectivity index (χ0n) is 13.3. The minimum atomic E-state index is -3.83. The van der Waals surface area contributed by atoms with Crippen molar-refractivity contribution >= 4 is 32.8 Å². The highest BCUT2D eigenvalue weighted by Crippen LogP contribution is 2.19. The summed E-state index contributed by atoms with van der Waals surface area (Å²) in [6.07, 6.45) is 1.62. The standard InChI is InChI=1S/C17H15N3O3S2/c1-13-12-24-17(19-13)20-18-11-14-7-9-15(10-8-14)23-25(21,22)16-5-3-2-4-6-16/h2-12H,1H3,(H,19,20)/b18-11-. The van der Waals surface area contributed by atoms with Gasteiger partial charge in [-0.2, -0.15) is 13.5 Å². The Bertz CT molecular complexity index is 966. The van der Waals surface area contributed by atoms with Crippen LogP contribution in [0.5, 0.6) is 5.75 Å². The molecule has 0 amide bonds. The van der Waals surface area contributed by atoms with E-state index in [1.165, 1.54) is 23.5 Å². The van der Waals surface area contributed by atoms with Crippen LogP contribution in [-0.2, 0) is 10.1 Å². The number of hydrogen-bond donors (Lipinski definition) is 1. The van der Waals surface area contributed by atoms with Crippen molar-refractivity contribution in [3.63, 3.8) is 0 Å². The average Bonchev–Trinajstić information content (AvgIpc) is 3.02. The van der Waals surface area contributed by atoms with Gasteiger partial charge in [-0.15, -0.1) is 11.3 Å². The Morgan fingerprint density at radius 1 is 1.12 bits per heavy atom. The minimum absolute atomic E-state index is 0.114. The van der Waals surface area contributed by atoms with E-state index < -0.39 is 10.1 Å². The summed E-state index contributed by atoms with van der Waals surface area (Å²) in [5.74, 6) is 0.240. The number of nitrogens with one attached hydrogen (secondary N) is 1. The maximum absolute atomic E-state index is 12.2. The summed E-state index contributed by atoms with van der Waals surface area (Å²) in [5, 5.41) is 6.73. The number of hydrogen-bond acceptors (Lipinski definition) is 7. The fourth-order valence-electron chi connectivity index (χ4n) is 1.94. The Labute approximate surface area is 149 Å². The highest BCUT2D eigenvalue weighted by molar-refractivity contribution is 7.87. The molecule has 0 radical (unpaired) electrons. The van der Waals surface area contributed by atoms with Crippen molar-refractivity contribution < 1.29 is 12.6 Å². The number of thiazole rings is 1. The van der Waals surface area contributed by atoms with Crippen molar-refractivity contribution in [2.75, 3.05) is 5.43 Å². The molecule has 0 spiro atoms. The molecule has 8 heteroatoms. The van der Waals surface area contributed by atoms with Gasteiger partial charge in [-0.1, -0.05) is 18.2 Å². The lowest BCUT2D eigenvalue weighted by atomic mass is 10.2. The van der Waals surface area contributed by atoms with Crippen molar-refractivity contribution in [1.82, 2.24) is 4.98 Å². The SMILES string of the molecule is Cc1csc(N/N=C\c2ccc(OS(=O)(=O)c3ccccc3)cc2)n1. The zero-order valence-corrected chi connectivity index (χ0v) is 14.9. The molecule has 0 unspecified atom stereocenters. The maximum Gasteiger partial charge on any atom is 0.339 e. The van der Waals surface area contributed by atoms with E-state index in [1.54, 1.807) is 48.7 Å². The Hall–Kier alpha value is -2.71. The van der Waals surface area contributed by atoms with Gasteiger partial charge in [0.05, 0.1) is 11.9 Å². The van der Waals surface area contributed by atoms with Gasteiger partial charge in [0.15, 0.2) is 0 Å². The second kappa shape index (κ2) is 7.45. The molecule has 6 nitrogen and oxygen atoms in total. The molecule has 1 aromatic heterocycles. The Balaban J connectivity index is 1.64. The number of aromatic nitrogens is 1. The van der Waals surface area contributed by atoms with Crippen molar-refractivity contribution in [3.8, 4) is 5.75 Å². The average molecular weight is 373 g/mol. The summed E-state index contributed by atoms with van der Waals surface area (Å²) in [6.45, 7) is 1.91. The summed E-state index contributed by atoms with van der Waals surface area (Å²) < 4.78 is 29.4. The summed E-state index contributed by atoms with van der Waals surface area (Å²) in [5.41, 5.74) is 4.57. The van der Waals surface area contributed by atoms with Crippen LogP contribution in [0.4, 0.5) is 5.13 Å². The van der Waals surface area contributed by atoms with Crippen molar-refractivity contribution in [2.24, 2.45) is 5.10 Å². The lowest BCUT2D eigenvalue weighted by molar-refractivity contribution is 0.486. The van der Waals surface area contributed by atoms with Crippen LogP contribution < -0.4 is 9.61 Å². The van der Waals surface area contributed by atoms with Crippen LogP contribution in [0.25, 0.3) is 0 Å². The Kier molecular flexibility index (Phi) is 5.11. The van der Waals surface area contributed by atoms with Crippen LogP contribution in [0, 0.1) is 6.92 Å². The molecule has 128 valence electrons. The highest BCUT2D eigenvalue weighted by atomic mass is 32.2. The van der Waals surface area contributed by atoms with Crippen LogP contribution >= 0.6 is 11.3 Å². The number of anilines is 1. The predicted octanol–water partition coefficient (Wildman–Crippen LogP) is 3.67. The molecule has 3 aromatic rings. The molecule has 0 bridgehead atoms. The molecule has 0 aliphatic rings. The normalized spacial score (nSPS) is 11.6. The van der Waals surface area contributed by atoms with Crippen LogP contribution in [0.3, 0.4) is 0 Å². The summed E-state index contributed by atoms with van der Waals surface area (Å²) in [6, 6.07) is 14.6. The lowest BCUT2D eigenvalue weighted by Gasteiger charge is -2.06. The molecule has 1 N–H and O–H groups in total. The van der Waals surface area contributed by atoms with E-state index in [2.05, 4.69) is 15.5 Å². The van der Waals surface area contributed by atoms with Crippen LogP contribution in [0.2, 0.25) is 0 Å². The molecule has 25 heavy (non-hydrogen) atoms. The van der Waals surface area contributed by atoms with E-state index in [-0.39, 0.29) is 10.6 Å². The largest absolute Gasteiger partial charge is 0.379 e. The number of hydrazone groups is 1. The van der Waals surface area contributed by atoms with Crippen LogP contribution in [0.1, 0.15) is 11.3 Å². The maximum atomic E-state index is 12.2. The molecule has 0 fully saturated rings. The fourth-order valence-corrected chi connectivity index (χ4v) is 3.53. The molecular formula is C17H15N3O3S2. The van der Waals surface area contributed by atoms with E-state index in [0.29, 0.717) is 5.13 Å². The zero-order chi connectivity index (χ0) is 17.7. The minimum Gasteiger partial charge on any atom is -0.379 e.